The molecule has 0 radical (unpaired) electrons. The molecule has 1 N–H and O–H groups in total. The first-order valence-corrected chi connectivity index (χ1v) is 11.4. The van der Waals surface area contributed by atoms with Crippen LogP contribution in [-0.2, 0) is 17.8 Å². The normalized spacial score (nSPS) is 16.9. The number of rotatable bonds is 7. The van der Waals surface area contributed by atoms with Gasteiger partial charge in [0, 0.05) is 54.3 Å². The molecule has 1 atom stereocenters. The molecule has 1 aliphatic rings. The molecule has 4 aromatic rings. The van der Waals surface area contributed by atoms with Gasteiger partial charge in [0.15, 0.2) is 0 Å². The monoisotopic (exact) mass is 429 g/mol. The third-order valence-corrected chi connectivity index (χ3v) is 6.75. The molecule has 1 saturated heterocycles. The summed E-state index contributed by atoms with van der Waals surface area (Å²) in [6, 6.07) is 13.5. The zero-order valence-corrected chi connectivity index (χ0v) is 19.1. The van der Waals surface area contributed by atoms with E-state index in [4.69, 9.17) is 9.72 Å². The number of aromatic amines is 1. The van der Waals surface area contributed by atoms with Gasteiger partial charge in [0.05, 0.1) is 24.5 Å². The number of H-pyrrole nitrogens is 1. The van der Waals surface area contributed by atoms with Crippen LogP contribution in [0.4, 0.5) is 0 Å². The van der Waals surface area contributed by atoms with E-state index in [0.717, 1.165) is 43.9 Å². The molecule has 1 aromatic carbocycles. The molecule has 6 nitrogen and oxygen atoms in total. The van der Waals surface area contributed by atoms with Crippen molar-refractivity contribution < 1.29 is 4.74 Å². The standard InChI is InChI=1S/C26H31N5O/c1-18-13-20(21-15-27-28-16-21)14-24(29-18)26-9-6-10-30(26)17-23-19(2)31(11-12-32-3)25-8-5-4-7-22(23)25/h4-5,7-8,13-16,26H,6,9-12,17H2,1-3H3,(H,27,28)/t26-/m0/s1. The Labute approximate surface area is 189 Å². The van der Waals surface area contributed by atoms with Crippen LogP contribution in [0.3, 0.4) is 0 Å². The van der Waals surface area contributed by atoms with E-state index < -0.39 is 0 Å². The summed E-state index contributed by atoms with van der Waals surface area (Å²) in [4.78, 5) is 7.56. The van der Waals surface area contributed by atoms with Gasteiger partial charge in [-0.05, 0) is 62.6 Å². The summed E-state index contributed by atoms with van der Waals surface area (Å²) < 4.78 is 7.78. The Balaban J connectivity index is 1.48. The first kappa shape index (κ1) is 20.9. The first-order valence-electron chi connectivity index (χ1n) is 11.4. The molecule has 5 rings (SSSR count). The minimum Gasteiger partial charge on any atom is -0.383 e. The number of fused-ring (bicyclic) bond motifs is 1. The average Bonchev–Trinajstić information content (AvgIpc) is 3.54. The molecule has 0 unspecified atom stereocenters. The van der Waals surface area contributed by atoms with Crippen molar-refractivity contribution >= 4 is 10.9 Å². The third kappa shape index (κ3) is 3.85. The molecule has 4 heterocycles. The quantitative estimate of drug-likeness (QED) is 0.448. The van der Waals surface area contributed by atoms with E-state index in [1.54, 1.807) is 7.11 Å². The lowest BCUT2D eigenvalue weighted by atomic mass is 10.0. The van der Waals surface area contributed by atoms with E-state index >= 15 is 0 Å². The van der Waals surface area contributed by atoms with Crippen molar-refractivity contribution in [2.45, 2.75) is 45.8 Å². The summed E-state index contributed by atoms with van der Waals surface area (Å²) in [6.45, 7) is 7.96. The fourth-order valence-corrected chi connectivity index (χ4v) is 5.17. The van der Waals surface area contributed by atoms with Gasteiger partial charge in [0.25, 0.3) is 0 Å². The Morgan fingerprint density at radius 1 is 1.16 bits per heavy atom. The molecule has 32 heavy (non-hydrogen) atoms. The van der Waals surface area contributed by atoms with Crippen LogP contribution in [0, 0.1) is 13.8 Å². The number of likely N-dealkylation sites (tertiary alicyclic amines) is 1. The van der Waals surface area contributed by atoms with Crippen molar-refractivity contribution in [1.82, 2.24) is 24.6 Å². The fraction of sp³-hybridized carbons (Fsp3) is 0.385. The van der Waals surface area contributed by atoms with Crippen LogP contribution in [-0.4, -0.2) is 44.9 Å². The summed E-state index contributed by atoms with van der Waals surface area (Å²) in [5.41, 5.74) is 8.57. The van der Waals surface area contributed by atoms with Gasteiger partial charge in [-0.15, -0.1) is 0 Å². The lowest BCUT2D eigenvalue weighted by Gasteiger charge is -2.25. The number of ether oxygens (including phenoxy) is 1. The molecule has 0 aliphatic carbocycles. The van der Waals surface area contributed by atoms with Gasteiger partial charge in [-0.25, -0.2) is 0 Å². The maximum absolute atomic E-state index is 5.37. The van der Waals surface area contributed by atoms with Crippen molar-refractivity contribution in [3.63, 3.8) is 0 Å². The fourth-order valence-electron chi connectivity index (χ4n) is 5.17. The van der Waals surface area contributed by atoms with E-state index in [1.807, 2.05) is 12.4 Å². The van der Waals surface area contributed by atoms with Crippen LogP contribution in [0.25, 0.3) is 22.0 Å². The van der Waals surface area contributed by atoms with Gasteiger partial charge >= 0.3 is 0 Å². The number of aromatic nitrogens is 4. The topological polar surface area (TPSA) is 59.0 Å². The maximum atomic E-state index is 5.37. The smallest absolute Gasteiger partial charge is 0.0642 e. The maximum Gasteiger partial charge on any atom is 0.0642 e. The molecule has 1 aliphatic heterocycles. The van der Waals surface area contributed by atoms with Crippen molar-refractivity contribution in [3.8, 4) is 11.1 Å². The van der Waals surface area contributed by atoms with Crippen LogP contribution >= 0.6 is 0 Å². The van der Waals surface area contributed by atoms with E-state index in [9.17, 15) is 0 Å². The zero-order valence-electron chi connectivity index (χ0n) is 19.1. The number of benzene rings is 1. The van der Waals surface area contributed by atoms with Gasteiger partial charge in [0.1, 0.15) is 0 Å². The Morgan fingerprint density at radius 3 is 2.84 bits per heavy atom. The minimum absolute atomic E-state index is 0.334. The van der Waals surface area contributed by atoms with Gasteiger partial charge in [-0.1, -0.05) is 18.2 Å². The third-order valence-electron chi connectivity index (χ3n) is 6.75. The van der Waals surface area contributed by atoms with Crippen LogP contribution in [0.15, 0.2) is 48.8 Å². The first-order chi connectivity index (χ1) is 15.7. The predicted octanol–water partition coefficient (Wildman–Crippen LogP) is 5.03. The molecule has 166 valence electrons. The molecular formula is C26H31N5O. The average molecular weight is 430 g/mol. The van der Waals surface area contributed by atoms with E-state index in [-0.39, 0.29) is 0 Å². The number of methoxy groups -OCH3 is 1. The van der Waals surface area contributed by atoms with Crippen LogP contribution in [0.1, 0.15) is 41.5 Å². The van der Waals surface area contributed by atoms with Gasteiger partial charge in [0.2, 0.25) is 0 Å². The summed E-state index contributed by atoms with van der Waals surface area (Å²) in [5, 5.41) is 8.40. The number of nitrogens with zero attached hydrogens (tertiary/aromatic N) is 4. The Morgan fingerprint density at radius 2 is 2.03 bits per heavy atom. The lowest BCUT2D eigenvalue weighted by Crippen LogP contribution is -2.24. The van der Waals surface area contributed by atoms with Crippen molar-refractivity contribution in [3.05, 3.63) is 71.4 Å². The van der Waals surface area contributed by atoms with E-state index in [2.05, 4.69) is 69.9 Å². The Kier molecular flexibility index (Phi) is 5.81. The van der Waals surface area contributed by atoms with E-state index in [0.29, 0.717) is 6.04 Å². The molecule has 0 amide bonds. The number of aryl methyl sites for hydroxylation is 1. The largest absolute Gasteiger partial charge is 0.383 e. The summed E-state index contributed by atoms with van der Waals surface area (Å²) >= 11 is 0. The highest BCUT2D eigenvalue weighted by Crippen LogP contribution is 2.36. The van der Waals surface area contributed by atoms with Crippen molar-refractivity contribution in [1.29, 1.82) is 0 Å². The molecule has 0 bridgehead atoms. The Bertz CT molecular complexity index is 1210. The molecular weight excluding hydrogens is 398 g/mol. The zero-order chi connectivity index (χ0) is 22.1. The van der Waals surface area contributed by atoms with Gasteiger partial charge in [-0.2, -0.15) is 5.10 Å². The SMILES string of the molecule is COCCn1c(C)c(CN2CCC[C@H]2c2cc(-c3cn[nH]c3)cc(C)n2)c2ccccc21. The second kappa shape index (κ2) is 8.88. The second-order valence-electron chi connectivity index (χ2n) is 8.76. The number of para-hydroxylation sites is 1. The number of pyridine rings is 1. The highest BCUT2D eigenvalue weighted by Gasteiger charge is 2.29. The summed E-state index contributed by atoms with van der Waals surface area (Å²) in [6.07, 6.45) is 6.16. The number of hydrogen-bond acceptors (Lipinski definition) is 4. The molecule has 1 fully saturated rings. The highest BCUT2D eigenvalue weighted by atomic mass is 16.5. The minimum atomic E-state index is 0.334. The van der Waals surface area contributed by atoms with Crippen LogP contribution in [0.2, 0.25) is 0 Å². The van der Waals surface area contributed by atoms with Crippen molar-refractivity contribution in [2.75, 3.05) is 20.3 Å². The van der Waals surface area contributed by atoms with Gasteiger partial charge in [-0.3, -0.25) is 15.0 Å². The molecule has 6 heteroatoms. The Hall–Kier alpha value is -2.96. The van der Waals surface area contributed by atoms with Gasteiger partial charge < -0.3 is 9.30 Å². The molecule has 3 aromatic heterocycles. The number of nitrogens with one attached hydrogen (secondary N) is 1. The molecule has 0 saturated carbocycles. The molecule has 0 spiro atoms. The highest BCUT2D eigenvalue weighted by molar-refractivity contribution is 5.85. The van der Waals surface area contributed by atoms with Crippen LogP contribution in [0.5, 0.6) is 0 Å². The lowest BCUT2D eigenvalue weighted by molar-refractivity contribution is 0.187. The van der Waals surface area contributed by atoms with Crippen molar-refractivity contribution in [2.24, 2.45) is 0 Å². The van der Waals surface area contributed by atoms with E-state index in [1.165, 1.54) is 39.8 Å². The van der Waals surface area contributed by atoms with Crippen LogP contribution < -0.4 is 0 Å². The predicted molar refractivity (Wildman–Crippen MR) is 127 cm³/mol. The summed E-state index contributed by atoms with van der Waals surface area (Å²) in [5.74, 6) is 0. The second-order valence-corrected chi connectivity index (χ2v) is 8.76. The summed E-state index contributed by atoms with van der Waals surface area (Å²) in [7, 11) is 1.77. The number of hydrogen-bond donors (Lipinski definition) is 1.